The van der Waals surface area contributed by atoms with Crippen LogP contribution in [0.3, 0.4) is 0 Å². The summed E-state index contributed by atoms with van der Waals surface area (Å²) in [7, 11) is 3.10. The van der Waals surface area contributed by atoms with E-state index in [1.807, 2.05) is 32.0 Å². The molecule has 2 aromatic rings. The molecule has 0 bridgehead atoms. The van der Waals surface area contributed by atoms with Gasteiger partial charge in [0, 0.05) is 18.1 Å². The molecule has 0 aliphatic rings. The molecule has 1 unspecified atom stereocenters. The normalized spacial score (nSPS) is 11.8. The van der Waals surface area contributed by atoms with Crippen molar-refractivity contribution in [1.82, 2.24) is 0 Å². The number of para-hydroxylation sites is 2. The van der Waals surface area contributed by atoms with E-state index in [0.29, 0.717) is 28.5 Å². The van der Waals surface area contributed by atoms with Crippen molar-refractivity contribution in [2.45, 2.75) is 38.9 Å². The highest BCUT2D eigenvalue weighted by Gasteiger charge is 2.16. The molecule has 1 amide bonds. The second-order valence-corrected chi connectivity index (χ2v) is 6.37. The van der Waals surface area contributed by atoms with Crippen molar-refractivity contribution in [2.75, 3.05) is 19.5 Å². The number of aliphatic hydroxyl groups is 1. The molecule has 0 saturated carbocycles. The highest BCUT2D eigenvalue weighted by atomic mass is 16.5. The molecule has 0 heterocycles. The van der Waals surface area contributed by atoms with Gasteiger partial charge in [-0.3, -0.25) is 4.79 Å². The van der Waals surface area contributed by atoms with Crippen LogP contribution < -0.4 is 19.5 Å². The molecule has 27 heavy (non-hydrogen) atoms. The fourth-order valence-electron chi connectivity index (χ4n) is 2.66. The quantitative estimate of drug-likeness (QED) is 0.696. The molecule has 1 atom stereocenters. The monoisotopic (exact) mass is 373 g/mol. The van der Waals surface area contributed by atoms with Crippen molar-refractivity contribution < 1.29 is 24.1 Å². The van der Waals surface area contributed by atoms with Gasteiger partial charge in [-0.15, -0.1) is 0 Å². The second-order valence-electron chi connectivity index (χ2n) is 6.37. The Balaban J connectivity index is 1.98. The van der Waals surface area contributed by atoms with Crippen molar-refractivity contribution in [3.63, 3.8) is 0 Å². The van der Waals surface area contributed by atoms with Gasteiger partial charge >= 0.3 is 0 Å². The number of nitrogens with one attached hydrogen (secondary N) is 1. The Morgan fingerprint density at radius 2 is 1.81 bits per heavy atom. The molecule has 6 heteroatoms. The Morgan fingerprint density at radius 3 is 2.48 bits per heavy atom. The van der Waals surface area contributed by atoms with Gasteiger partial charge in [-0.05, 0) is 44.5 Å². The Labute approximate surface area is 160 Å². The fourth-order valence-corrected chi connectivity index (χ4v) is 2.66. The first kappa shape index (κ1) is 20.6. The molecule has 0 saturated heterocycles. The van der Waals surface area contributed by atoms with Gasteiger partial charge in [-0.25, -0.2) is 0 Å². The number of ether oxygens (including phenoxy) is 3. The van der Waals surface area contributed by atoms with Crippen molar-refractivity contribution in [3.05, 3.63) is 48.0 Å². The topological polar surface area (TPSA) is 77.0 Å². The predicted molar refractivity (Wildman–Crippen MR) is 105 cm³/mol. The van der Waals surface area contributed by atoms with Crippen LogP contribution in [0.25, 0.3) is 0 Å². The number of hydrogen-bond donors (Lipinski definition) is 2. The smallest absolute Gasteiger partial charge is 0.224 e. The van der Waals surface area contributed by atoms with E-state index in [1.165, 1.54) is 7.11 Å². The maximum absolute atomic E-state index is 12.3. The zero-order valence-corrected chi connectivity index (χ0v) is 16.2. The van der Waals surface area contributed by atoms with Gasteiger partial charge in [-0.2, -0.15) is 0 Å². The first-order chi connectivity index (χ1) is 12.9. The van der Waals surface area contributed by atoms with Gasteiger partial charge in [0.05, 0.1) is 32.1 Å². The third kappa shape index (κ3) is 5.89. The lowest BCUT2D eigenvalue weighted by atomic mass is 10.0. The predicted octanol–water partition coefficient (Wildman–Crippen LogP) is 3.94. The van der Waals surface area contributed by atoms with Gasteiger partial charge in [-0.1, -0.05) is 12.1 Å². The molecule has 2 N–H and O–H groups in total. The fraction of sp³-hybridized carbons (Fsp3) is 0.381. The molecule has 0 aromatic heterocycles. The molecule has 6 nitrogen and oxygen atoms in total. The van der Waals surface area contributed by atoms with Crippen LogP contribution in [0.15, 0.2) is 42.5 Å². The van der Waals surface area contributed by atoms with Crippen LogP contribution in [-0.2, 0) is 4.79 Å². The van der Waals surface area contributed by atoms with E-state index in [4.69, 9.17) is 14.2 Å². The number of rotatable bonds is 9. The average molecular weight is 373 g/mol. The van der Waals surface area contributed by atoms with Crippen LogP contribution in [0, 0.1) is 0 Å². The van der Waals surface area contributed by atoms with Gasteiger partial charge < -0.3 is 24.6 Å². The number of anilines is 1. The van der Waals surface area contributed by atoms with E-state index in [1.54, 1.807) is 31.4 Å². The Bertz CT molecular complexity index is 760. The molecule has 0 spiro atoms. The standard InChI is InChI=1S/C21H27NO5/c1-14(2)27-19-8-6-5-7-17(19)22-21(24)12-11-18(23)16-10-9-15(25-3)13-20(16)26-4/h5-10,13-14,18,23H,11-12H2,1-4H3,(H,22,24). The summed E-state index contributed by atoms with van der Waals surface area (Å²) in [5, 5.41) is 13.3. The summed E-state index contributed by atoms with van der Waals surface area (Å²) in [6.45, 7) is 3.86. The number of amides is 1. The average Bonchev–Trinajstić information content (AvgIpc) is 2.66. The molecule has 146 valence electrons. The number of benzene rings is 2. The summed E-state index contributed by atoms with van der Waals surface area (Å²) in [5.74, 6) is 1.60. The van der Waals surface area contributed by atoms with E-state index < -0.39 is 6.10 Å². The lowest BCUT2D eigenvalue weighted by molar-refractivity contribution is -0.116. The van der Waals surface area contributed by atoms with Crippen LogP contribution in [0.5, 0.6) is 17.2 Å². The molecule has 0 radical (unpaired) electrons. The van der Waals surface area contributed by atoms with E-state index >= 15 is 0 Å². The minimum atomic E-state index is -0.821. The first-order valence-corrected chi connectivity index (χ1v) is 8.90. The summed E-state index contributed by atoms with van der Waals surface area (Å²) in [6, 6.07) is 12.5. The lowest BCUT2D eigenvalue weighted by Crippen LogP contribution is -2.15. The first-order valence-electron chi connectivity index (χ1n) is 8.90. The molecule has 0 aliphatic carbocycles. The van der Waals surface area contributed by atoms with Crippen LogP contribution in [0.2, 0.25) is 0 Å². The number of methoxy groups -OCH3 is 2. The van der Waals surface area contributed by atoms with Gasteiger partial charge in [0.1, 0.15) is 17.2 Å². The molecule has 2 rings (SSSR count). The Kier molecular flexibility index (Phi) is 7.49. The zero-order chi connectivity index (χ0) is 19.8. The molecule has 0 aliphatic heterocycles. The van der Waals surface area contributed by atoms with Crippen LogP contribution >= 0.6 is 0 Å². The largest absolute Gasteiger partial charge is 0.497 e. The summed E-state index contributed by atoms with van der Waals surface area (Å²) >= 11 is 0. The van der Waals surface area contributed by atoms with Crippen molar-refractivity contribution in [2.24, 2.45) is 0 Å². The lowest BCUT2D eigenvalue weighted by Gasteiger charge is -2.17. The number of carbonyl (C=O) groups excluding carboxylic acids is 1. The minimum Gasteiger partial charge on any atom is -0.497 e. The number of hydrogen-bond acceptors (Lipinski definition) is 5. The minimum absolute atomic E-state index is 0.00686. The van der Waals surface area contributed by atoms with Gasteiger partial charge in [0.2, 0.25) is 5.91 Å². The van der Waals surface area contributed by atoms with E-state index in [9.17, 15) is 9.90 Å². The summed E-state index contributed by atoms with van der Waals surface area (Å²) in [5.41, 5.74) is 1.24. The van der Waals surface area contributed by atoms with Gasteiger partial charge in [0.25, 0.3) is 0 Å². The highest BCUT2D eigenvalue weighted by molar-refractivity contribution is 5.92. The van der Waals surface area contributed by atoms with Crippen molar-refractivity contribution in [1.29, 1.82) is 0 Å². The second kappa shape index (κ2) is 9.83. The number of aliphatic hydroxyl groups excluding tert-OH is 1. The van der Waals surface area contributed by atoms with Crippen LogP contribution in [0.4, 0.5) is 5.69 Å². The van der Waals surface area contributed by atoms with Crippen LogP contribution in [-0.4, -0.2) is 31.3 Å². The molecular formula is C21H27NO5. The zero-order valence-electron chi connectivity index (χ0n) is 16.2. The Hall–Kier alpha value is -2.73. The number of carbonyl (C=O) groups is 1. The SMILES string of the molecule is COc1ccc(C(O)CCC(=O)Nc2ccccc2OC(C)C)c(OC)c1. The summed E-state index contributed by atoms with van der Waals surface area (Å²) in [6.07, 6.45) is -0.389. The molecular weight excluding hydrogens is 346 g/mol. The summed E-state index contributed by atoms with van der Waals surface area (Å²) < 4.78 is 16.2. The third-order valence-electron chi connectivity index (χ3n) is 3.97. The van der Waals surface area contributed by atoms with Crippen molar-refractivity contribution in [3.8, 4) is 17.2 Å². The van der Waals surface area contributed by atoms with E-state index in [-0.39, 0.29) is 24.9 Å². The van der Waals surface area contributed by atoms with Crippen LogP contribution in [0.1, 0.15) is 38.4 Å². The van der Waals surface area contributed by atoms with Crippen molar-refractivity contribution >= 4 is 11.6 Å². The van der Waals surface area contributed by atoms with E-state index in [0.717, 1.165) is 0 Å². The maximum atomic E-state index is 12.3. The molecule has 2 aromatic carbocycles. The highest BCUT2D eigenvalue weighted by Crippen LogP contribution is 2.32. The maximum Gasteiger partial charge on any atom is 0.224 e. The Morgan fingerprint density at radius 1 is 1.07 bits per heavy atom. The molecule has 0 fully saturated rings. The third-order valence-corrected chi connectivity index (χ3v) is 3.97. The van der Waals surface area contributed by atoms with Gasteiger partial charge in [0.15, 0.2) is 0 Å². The summed E-state index contributed by atoms with van der Waals surface area (Å²) in [4.78, 5) is 12.3. The van der Waals surface area contributed by atoms with E-state index in [2.05, 4.69) is 5.32 Å².